The lowest BCUT2D eigenvalue weighted by molar-refractivity contribution is -0.145. The molecule has 0 unspecified atom stereocenters. The highest BCUT2D eigenvalue weighted by atomic mass is 35.5. The van der Waals surface area contributed by atoms with Gasteiger partial charge in [0, 0.05) is 13.1 Å². The van der Waals surface area contributed by atoms with Crippen LogP contribution < -0.4 is 0 Å². The van der Waals surface area contributed by atoms with Crippen LogP contribution in [0.4, 0.5) is 0 Å². The van der Waals surface area contributed by atoms with E-state index in [1.807, 2.05) is 30.3 Å². The molecule has 130 valence electrons. The van der Waals surface area contributed by atoms with Crippen molar-refractivity contribution >= 4 is 35.1 Å². The van der Waals surface area contributed by atoms with Crippen molar-refractivity contribution in [2.45, 2.75) is 18.3 Å². The number of hydrogen-bond acceptors (Lipinski definition) is 2. The summed E-state index contributed by atoms with van der Waals surface area (Å²) in [5.41, 5.74) is 0.0706. The van der Waals surface area contributed by atoms with Gasteiger partial charge in [-0.3, -0.25) is 9.59 Å². The second-order valence-corrected chi connectivity index (χ2v) is 6.96. The number of aliphatic carboxylic acids is 1. The first-order valence-electron chi connectivity index (χ1n) is 7.98. The lowest BCUT2D eigenvalue weighted by Gasteiger charge is -2.39. The van der Waals surface area contributed by atoms with E-state index in [0.717, 1.165) is 5.56 Å². The van der Waals surface area contributed by atoms with Crippen molar-refractivity contribution in [3.63, 3.8) is 0 Å². The molecule has 1 fully saturated rings. The summed E-state index contributed by atoms with van der Waals surface area (Å²) < 4.78 is 0. The SMILES string of the molecule is O=C(c1c(Cl)cccc1Cl)N1CCC(C(=O)O)(c2ccccc2)CC1. The first-order chi connectivity index (χ1) is 12.0. The zero-order valence-electron chi connectivity index (χ0n) is 13.4. The summed E-state index contributed by atoms with van der Waals surface area (Å²) in [4.78, 5) is 26.4. The molecule has 1 saturated heterocycles. The van der Waals surface area contributed by atoms with Crippen molar-refractivity contribution in [2.24, 2.45) is 0 Å². The third-order valence-electron chi connectivity index (χ3n) is 4.82. The van der Waals surface area contributed by atoms with Crippen LogP contribution in [-0.2, 0) is 10.2 Å². The van der Waals surface area contributed by atoms with Gasteiger partial charge in [-0.25, -0.2) is 0 Å². The smallest absolute Gasteiger partial charge is 0.314 e. The number of carboxylic acids is 1. The lowest BCUT2D eigenvalue weighted by atomic mass is 9.73. The summed E-state index contributed by atoms with van der Waals surface area (Å²) in [7, 11) is 0. The van der Waals surface area contributed by atoms with E-state index < -0.39 is 11.4 Å². The monoisotopic (exact) mass is 377 g/mol. The summed E-state index contributed by atoms with van der Waals surface area (Å²) >= 11 is 12.2. The number of carbonyl (C=O) groups excluding carboxylic acids is 1. The van der Waals surface area contributed by atoms with Crippen LogP contribution in [0.25, 0.3) is 0 Å². The molecule has 3 rings (SSSR count). The molecule has 0 aromatic heterocycles. The number of carboxylic acid groups (broad SMARTS) is 1. The molecule has 0 aliphatic carbocycles. The van der Waals surface area contributed by atoms with Gasteiger partial charge in [-0.15, -0.1) is 0 Å². The fourth-order valence-electron chi connectivity index (χ4n) is 3.33. The van der Waals surface area contributed by atoms with E-state index >= 15 is 0 Å². The number of nitrogens with zero attached hydrogens (tertiary/aromatic N) is 1. The Hall–Kier alpha value is -2.04. The number of piperidine rings is 1. The molecule has 0 atom stereocenters. The summed E-state index contributed by atoms with van der Waals surface area (Å²) in [6.07, 6.45) is 0.695. The van der Waals surface area contributed by atoms with Gasteiger partial charge in [-0.05, 0) is 30.5 Å². The molecule has 4 nitrogen and oxygen atoms in total. The standard InChI is InChI=1S/C19H17Cl2NO3/c20-14-7-4-8-15(21)16(14)17(23)22-11-9-19(10-12-22,18(24)25)13-5-2-1-3-6-13/h1-8H,9-12H2,(H,24,25). The summed E-state index contributed by atoms with van der Waals surface area (Å²) in [5.74, 6) is -1.12. The number of hydrogen-bond donors (Lipinski definition) is 1. The molecule has 0 spiro atoms. The zero-order valence-corrected chi connectivity index (χ0v) is 14.9. The van der Waals surface area contributed by atoms with Crippen LogP contribution in [0.3, 0.4) is 0 Å². The van der Waals surface area contributed by atoms with Crippen LogP contribution in [-0.4, -0.2) is 35.0 Å². The van der Waals surface area contributed by atoms with E-state index in [4.69, 9.17) is 23.2 Å². The third kappa shape index (κ3) is 3.24. The molecular weight excluding hydrogens is 361 g/mol. The van der Waals surface area contributed by atoms with E-state index in [9.17, 15) is 14.7 Å². The topological polar surface area (TPSA) is 57.6 Å². The second-order valence-electron chi connectivity index (χ2n) is 6.14. The summed E-state index contributed by atoms with van der Waals surface area (Å²) in [5, 5.41) is 10.4. The predicted molar refractivity (Wildman–Crippen MR) is 97.4 cm³/mol. The van der Waals surface area contributed by atoms with Crippen molar-refractivity contribution < 1.29 is 14.7 Å². The van der Waals surface area contributed by atoms with Crippen LogP contribution in [0, 0.1) is 0 Å². The van der Waals surface area contributed by atoms with Gasteiger partial charge in [0.1, 0.15) is 0 Å². The van der Waals surface area contributed by atoms with Crippen molar-refractivity contribution in [3.05, 3.63) is 69.7 Å². The Labute approximate surface area is 156 Å². The van der Waals surface area contributed by atoms with Crippen molar-refractivity contribution in [2.75, 3.05) is 13.1 Å². The number of amides is 1. The van der Waals surface area contributed by atoms with E-state index in [1.54, 1.807) is 23.1 Å². The Bertz CT molecular complexity index is 779. The number of likely N-dealkylation sites (tertiary alicyclic amines) is 1. The van der Waals surface area contributed by atoms with Gasteiger partial charge in [0.05, 0.1) is 21.0 Å². The molecule has 0 saturated carbocycles. The zero-order chi connectivity index (χ0) is 18.0. The number of rotatable bonds is 3. The molecule has 1 amide bonds. The van der Waals surface area contributed by atoms with E-state index in [1.165, 1.54) is 0 Å². The fourth-order valence-corrected chi connectivity index (χ4v) is 3.89. The molecule has 1 N–H and O–H groups in total. The number of halogens is 2. The van der Waals surface area contributed by atoms with E-state index in [-0.39, 0.29) is 11.5 Å². The maximum Gasteiger partial charge on any atom is 0.314 e. The lowest BCUT2D eigenvalue weighted by Crippen LogP contribution is -2.49. The Kier molecular flexibility index (Phi) is 5.02. The molecule has 6 heteroatoms. The molecule has 1 aliphatic rings. The molecule has 0 radical (unpaired) electrons. The van der Waals surface area contributed by atoms with Crippen LogP contribution in [0.1, 0.15) is 28.8 Å². The van der Waals surface area contributed by atoms with Crippen molar-refractivity contribution in [1.29, 1.82) is 0 Å². The minimum atomic E-state index is -0.970. The average Bonchev–Trinajstić information content (AvgIpc) is 2.62. The predicted octanol–water partition coefficient (Wildman–Crippen LogP) is 4.25. The van der Waals surface area contributed by atoms with Gasteiger partial charge in [0.15, 0.2) is 0 Å². The third-order valence-corrected chi connectivity index (χ3v) is 5.45. The highest BCUT2D eigenvalue weighted by molar-refractivity contribution is 6.39. The maximum atomic E-state index is 12.8. The minimum Gasteiger partial charge on any atom is -0.481 e. The second kappa shape index (κ2) is 7.06. The first kappa shape index (κ1) is 17.8. The fraction of sp³-hybridized carbons (Fsp3) is 0.263. The number of carbonyl (C=O) groups is 2. The van der Waals surface area contributed by atoms with Crippen molar-refractivity contribution in [1.82, 2.24) is 4.90 Å². The van der Waals surface area contributed by atoms with Crippen LogP contribution in [0.15, 0.2) is 48.5 Å². The minimum absolute atomic E-state index is 0.261. The van der Waals surface area contributed by atoms with Crippen molar-refractivity contribution in [3.8, 4) is 0 Å². The molecule has 2 aromatic rings. The Morgan fingerprint density at radius 1 is 0.920 bits per heavy atom. The Balaban J connectivity index is 1.83. The molecule has 0 bridgehead atoms. The highest BCUT2D eigenvalue weighted by Gasteiger charge is 2.44. The average molecular weight is 378 g/mol. The molecule has 1 heterocycles. The van der Waals surface area contributed by atoms with Gasteiger partial charge in [0.25, 0.3) is 5.91 Å². The first-order valence-corrected chi connectivity index (χ1v) is 8.73. The normalized spacial score (nSPS) is 16.5. The van der Waals surface area contributed by atoms with Gasteiger partial charge in [-0.2, -0.15) is 0 Å². The van der Waals surface area contributed by atoms with Crippen LogP contribution in [0.5, 0.6) is 0 Å². The summed E-state index contributed by atoms with van der Waals surface area (Å²) in [6.45, 7) is 0.670. The van der Waals surface area contributed by atoms with Gasteiger partial charge >= 0.3 is 5.97 Å². The molecule has 2 aromatic carbocycles. The van der Waals surface area contributed by atoms with E-state index in [0.29, 0.717) is 36.0 Å². The molecule has 1 aliphatic heterocycles. The summed E-state index contributed by atoms with van der Waals surface area (Å²) in [6, 6.07) is 14.1. The largest absolute Gasteiger partial charge is 0.481 e. The van der Waals surface area contributed by atoms with Crippen LogP contribution in [0.2, 0.25) is 10.0 Å². The highest BCUT2D eigenvalue weighted by Crippen LogP contribution is 2.37. The van der Waals surface area contributed by atoms with Gasteiger partial charge in [0.2, 0.25) is 0 Å². The Morgan fingerprint density at radius 2 is 1.48 bits per heavy atom. The van der Waals surface area contributed by atoms with E-state index in [2.05, 4.69) is 0 Å². The quantitative estimate of drug-likeness (QED) is 0.869. The number of benzene rings is 2. The maximum absolute atomic E-state index is 12.8. The van der Waals surface area contributed by atoms with Crippen LogP contribution >= 0.6 is 23.2 Å². The van der Waals surface area contributed by atoms with Gasteiger partial charge in [-0.1, -0.05) is 59.6 Å². The Morgan fingerprint density at radius 3 is 2.00 bits per heavy atom. The molecule has 25 heavy (non-hydrogen) atoms. The van der Waals surface area contributed by atoms with Gasteiger partial charge < -0.3 is 10.0 Å². The molecular formula is C19H17Cl2NO3.